The molecule has 3 aliphatic heterocycles. The van der Waals surface area contributed by atoms with Crippen LogP contribution in [0.4, 0.5) is 0 Å². The number of rotatable bonds is 8. The van der Waals surface area contributed by atoms with Gasteiger partial charge in [0.15, 0.2) is 0 Å². The fourth-order valence-corrected chi connectivity index (χ4v) is 9.39. The first kappa shape index (κ1) is 24.6. The Labute approximate surface area is 211 Å². The smallest absolute Gasteiger partial charge is 0.244 e. The van der Waals surface area contributed by atoms with Gasteiger partial charge in [0.05, 0.1) is 16.6 Å². The number of fused-ring (bicyclic) bond motifs is 1. The SMILES string of the molecule is C[C@]12CCC3(S1)C(C(=O)NC1CCCCC1)N(CCCO)C(=O)[C@@H]3[C@H]2C(=O)NCc1ccccc1. The van der Waals surface area contributed by atoms with Gasteiger partial charge in [-0.1, -0.05) is 49.6 Å². The Morgan fingerprint density at radius 2 is 1.86 bits per heavy atom. The second-order valence-electron chi connectivity index (χ2n) is 10.9. The molecule has 8 heteroatoms. The molecule has 1 aliphatic carbocycles. The molecule has 1 spiro atoms. The molecule has 190 valence electrons. The predicted octanol–water partition coefficient (Wildman–Crippen LogP) is 2.62. The molecule has 4 aliphatic rings. The van der Waals surface area contributed by atoms with Crippen LogP contribution in [0.2, 0.25) is 0 Å². The van der Waals surface area contributed by atoms with E-state index in [9.17, 15) is 19.5 Å². The van der Waals surface area contributed by atoms with Gasteiger partial charge in [-0.25, -0.2) is 0 Å². The Hall–Kier alpha value is -2.06. The Morgan fingerprint density at radius 3 is 2.57 bits per heavy atom. The highest BCUT2D eigenvalue weighted by atomic mass is 32.2. The average molecular weight is 500 g/mol. The van der Waals surface area contributed by atoms with Crippen LogP contribution in [-0.2, 0) is 20.9 Å². The molecule has 5 atom stereocenters. The lowest BCUT2D eigenvalue weighted by atomic mass is 9.66. The second-order valence-corrected chi connectivity index (χ2v) is 12.8. The van der Waals surface area contributed by atoms with E-state index in [-0.39, 0.29) is 35.1 Å². The lowest BCUT2D eigenvalue weighted by molar-refractivity contribution is -0.141. The quantitative estimate of drug-likeness (QED) is 0.511. The number of hydrogen-bond donors (Lipinski definition) is 3. The van der Waals surface area contributed by atoms with Crippen LogP contribution in [0, 0.1) is 11.8 Å². The lowest BCUT2D eigenvalue weighted by Gasteiger charge is -2.36. The molecule has 2 bridgehead atoms. The van der Waals surface area contributed by atoms with Crippen molar-refractivity contribution in [3.05, 3.63) is 35.9 Å². The number of hydrogen-bond acceptors (Lipinski definition) is 5. The molecule has 4 fully saturated rings. The minimum absolute atomic E-state index is 0.0374. The van der Waals surface area contributed by atoms with Crippen LogP contribution in [-0.4, -0.2) is 62.5 Å². The van der Waals surface area contributed by atoms with E-state index in [1.807, 2.05) is 30.3 Å². The fraction of sp³-hybridized carbons (Fsp3) is 0.667. The van der Waals surface area contributed by atoms with Crippen LogP contribution >= 0.6 is 11.8 Å². The van der Waals surface area contributed by atoms with Gasteiger partial charge < -0.3 is 20.6 Å². The summed E-state index contributed by atoms with van der Waals surface area (Å²) in [6, 6.07) is 9.35. The van der Waals surface area contributed by atoms with Crippen LogP contribution in [0.5, 0.6) is 0 Å². The lowest BCUT2D eigenvalue weighted by Crippen LogP contribution is -2.55. The molecular weight excluding hydrogens is 462 g/mol. The third kappa shape index (κ3) is 4.26. The van der Waals surface area contributed by atoms with Gasteiger partial charge in [-0.3, -0.25) is 14.4 Å². The molecule has 7 nitrogen and oxygen atoms in total. The summed E-state index contributed by atoms with van der Waals surface area (Å²) < 4.78 is -0.956. The highest BCUT2D eigenvalue weighted by Gasteiger charge is 2.77. The zero-order chi connectivity index (χ0) is 24.6. The van der Waals surface area contributed by atoms with E-state index in [4.69, 9.17) is 0 Å². The van der Waals surface area contributed by atoms with E-state index in [1.54, 1.807) is 16.7 Å². The van der Waals surface area contributed by atoms with Crippen LogP contribution in [0.25, 0.3) is 0 Å². The first-order valence-electron chi connectivity index (χ1n) is 13.1. The van der Waals surface area contributed by atoms with Gasteiger partial charge in [0.1, 0.15) is 6.04 Å². The maximum atomic E-state index is 13.9. The molecule has 2 unspecified atom stereocenters. The number of likely N-dealkylation sites (tertiary alicyclic amines) is 1. The summed E-state index contributed by atoms with van der Waals surface area (Å²) in [4.78, 5) is 42.9. The Bertz CT molecular complexity index is 968. The fourth-order valence-electron chi connectivity index (χ4n) is 7.03. The number of benzene rings is 1. The van der Waals surface area contributed by atoms with E-state index in [0.717, 1.165) is 44.1 Å². The second kappa shape index (κ2) is 9.77. The third-order valence-corrected chi connectivity index (χ3v) is 10.6. The van der Waals surface area contributed by atoms with Crippen molar-refractivity contribution < 1.29 is 19.5 Å². The molecule has 3 amide bonds. The predicted molar refractivity (Wildman–Crippen MR) is 135 cm³/mol. The molecule has 1 saturated carbocycles. The van der Waals surface area contributed by atoms with Crippen LogP contribution in [0.15, 0.2) is 30.3 Å². The largest absolute Gasteiger partial charge is 0.396 e. The summed E-state index contributed by atoms with van der Waals surface area (Å²) in [5, 5.41) is 15.8. The van der Waals surface area contributed by atoms with Gasteiger partial charge in [-0.05, 0) is 44.6 Å². The number of carbonyl (C=O) groups is 3. The summed E-state index contributed by atoms with van der Waals surface area (Å²) in [6.45, 7) is 2.82. The number of amides is 3. The number of aliphatic hydroxyl groups excluding tert-OH is 1. The van der Waals surface area contributed by atoms with Gasteiger partial charge in [0.25, 0.3) is 0 Å². The van der Waals surface area contributed by atoms with E-state index in [1.165, 1.54) is 6.42 Å². The number of nitrogens with zero attached hydrogens (tertiary/aromatic N) is 1. The van der Waals surface area contributed by atoms with Crippen molar-refractivity contribution in [2.75, 3.05) is 13.2 Å². The van der Waals surface area contributed by atoms with Crippen molar-refractivity contribution in [2.45, 2.75) is 86.4 Å². The van der Waals surface area contributed by atoms with Crippen molar-refractivity contribution in [3.63, 3.8) is 0 Å². The number of thioether (sulfide) groups is 1. The molecule has 5 rings (SSSR count). The van der Waals surface area contributed by atoms with E-state index in [2.05, 4.69) is 17.6 Å². The first-order valence-corrected chi connectivity index (χ1v) is 13.9. The standard InChI is InChI=1S/C27H37N3O4S/c1-26-13-14-27(35-26)21(20(26)23(32)28-17-18-9-4-2-5-10-18)25(34)30(15-8-16-31)22(27)24(33)29-19-11-6-3-7-12-19/h2,4-5,9-10,19-22,31H,3,6-8,11-17H2,1H3,(H,28,32)(H,29,33)/t20-,21-,22?,26+,27?/m0/s1. The minimum atomic E-state index is -0.591. The summed E-state index contributed by atoms with van der Waals surface area (Å²) in [5.41, 5.74) is 1.02. The van der Waals surface area contributed by atoms with Crippen LogP contribution in [0.1, 0.15) is 63.9 Å². The number of carbonyl (C=O) groups excluding carboxylic acids is 3. The molecule has 3 N–H and O–H groups in total. The molecule has 0 radical (unpaired) electrons. The molecule has 1 aromatic rings. The average Bonchev–Trinajstić information content (AvgIpc) is 3.43. The highest BCUT2D eigenvalue weighted by Crippen LogP contribution is 2.71. The van der Waals surface area contributed by atoms with Gasteiger partial charge in [0.2, 0.25) is 17.7 Å². The number of aliphatic hydroxyl groups is 1. The highest BCUT2D eigenvalue weighted by molar-refractivity contribution is 8.02. The van der Waals surface area contributed by atoms with Crippen molar-refractivity contribution in [1.29, 1.82) is 0 Å². The van der Waals surface area contributed by atoms with Crippen molar-refractivity contribution >= 4 is 29.5 Å². The zero-order valence-corrected chi connectivity index (χ0v) is 21.3. The zero-order valence-electron chi connectivity index (χ0n) is 20.5. The third-order valence-electron chi connectivity index (χ3n) is 8.63. The van der Waals surface area contributed by atoms with E-state index >= 15 is 0 Å². The van der Waals surface area contributed by atoms with Crippen molar-refractivity contribution in [3.8, 4) is 0 Å². The van der Waals surface area contributed by atoms with Crippen molar-refractivity contribution in [1.82, 2.24) is 15.5 Å². The molecule has 3 heterocycles. The summed E-state index contributed by atoms with van der Waals surface area (Å²) >= 11 is 1.70. The molecule has 35 heavy (non-hydrogen) atoms. The maximum absolute atomic E-state index is 13.9. The Balaban J connectivity index is 1.41. The molecule has 0 aromatic heterocycles. The molecule has 1 aromatic carbocycles. The van der Waals surface area contributed by atoms with E-state index in [0.29, 0.717) is 19.5 Å². The normalized spacial score (nSPS) is 34.2. The molecular formula is C27H37N3O4S. The Morgan fingerprint density at radius 1 is 1.11 bits per heavy atom. The topological polar surface area (TPSA) is 98.7 Å². The monoisotopic (exact) mass is 499 g/mol. The van der Waals surface area contributed by atoms with Crippen LogP contribution < -0.4 is 10.6 Å². The first-order chi connectivity index (χ1) is 16.9. The van der Waals surface area contributed by atoms with Crippen LogP contribution in [0.3, 0.4) is 0 Å². The number of nitrogens with one attached hydrogen (secondary N) is 2. The van der Waals surface area contributed by atoms with Gasteiger partial charge in [-0.15, -0.1) is 11.8 Å². The Kier molecular flexibility index (Phi) is 6.87. The summed E-state index contributed by atoms with van der Waals surface area (Å²) in [7, 11) is 0. The van der Waals surface area contributed by atoms with Gasteiger partial charge in [0, 0.05) is 30.5 Å². The summed E-state index contributed by atoms with van der Waals surface area (Å²) in [6.07, 6.45) is 7.40. The van der Waals surface area contributed by atoms with Gasteiger partial charge >= 0.3 is 0 Å². The minimum Gasteiger partial charge on any atom is -0.396 e. The van der Waals surface area contributed by atoms with E-state index < -0.39 is 22.6 Å². The van der Waals surface area contributed by atoms with Gasteiger partial charge in [-0.2, -0.15) is 0 Å². The molecule has 3 saturated heterocycles. The summed E-state index contributed by atoms with van der Waals surface area (Å²) in [5.74, 6) is -1.26. The maximum Gasteiger partial charge on any atom is 0.244 e. The van der Waals surface area contributed by atoms with Crippen molar-refractivity contribution in [2.24, 2.45) is 11.8 Å².